The number of aromatic nitrogens is 1. The zero-order valence-electron chi connectivity index (χ0n) is 44.7. The summed E-state index contributed by atoms with van der Waals surface area (Å²) in [6, 6.07) is -1.23. The number of unbranched alkanes of at least 4 members (excludes halogenated alkanes) is 3. The summed E-state index contributed by atoms with van der Waals surface area (Å²) in [5.74, 6) is -13.7. The molecule has 4 aliphatic rings. The van der Waals surface area contributed by atoms with Gasteiger partial charge in [0.15, 0.2) is 11.6 Å². The minimum Gasteiger partial charge on any atom is -0.494 e. The minimum atomic E-state index is -2.35. The summed E-state index contributed by atoms with van der Waals surface area (Å²) in [5, 5.41) is 44.4. The van der Waals surface area contributed by atoms with Crippen LogP contribution < -0.4 is 37.1 Å². The van der Waals surface area contributed by atoms with Crippen molar-refractivity contribution in [3.63, 3.8) is 0 Å². The Balaban J connectivity index is 1.42. The maximum atomic E-state index is 15.0. The van der Waals surface area contributed by atoms with Gasteiger partial charge in [-0.3, -0.25) is 61.8 Å². The largest absolute Gasteiger partial charge is 0.494 e. The van der Waals surface area contributed by atoms with Crippen LogP contribution in [0.25, 0.3) is 10.9 Å². The molecule has 27 heteroatoms. The number of aliphatic hydroxyl groups excluding tert-OH is 3. The summed E-state index contributed by atoms with van der Waals surface area (Å²) >= 11 is 1.35. The molecule has 5 heterocycles. The highest BCUT2D eigenvalue weighted by Crippen LogP contribution is 2.33. The fourth-order valence-electron chi connectivity index (χ4n) is 10.3. The first-order chi connectivity index (χ1) is 37.5. The van der Waals surface area contributed by atoms with Crippen LogP contribution in [0.3, 0.4) is 0 Å². The lowest BCUT2D eigenvalue weighted by atomic mass is 9.83. The van der Waals surface area contributed by atoms with Crippen LogP contribution in [0.5, 0.6) is 5.75 Å². The molecule has 0 spiro atoms. The molecule has 434 valence electrons. The van der Waals surface area contributed by atoms with Crippen LogP contribution in [0.4, 0.5) is 0 Å². The molecular weight excluding hydrogens is 1070 g/mol. The van der Waals surface area contributed by atoms with Crippen molar-refractivity contribution in [3.05, 3.63) is 23.8 Å². The molecule has 6 rings (SSSR count). The number of nitrogens with two attached hydrogens (primary N) is 1. The minimum absolute atomic E-state index is 0.0933. The van der Waals surface area contributed by atoms with Crippen LogP contribution in [0.1, 0.15) is 90.5 Å². The molecule has 3 unspecified atom stereocenters. The number of H-pyrrole nitrogens is 1. The third-order valence-corrected chi connectivity index (χ3v) is 17.6. The first-order valence-corrected chi connectivity index (χ1v) is 29.2. The van der Waals surface area contributed by atoms with Crippen LogP contribution in [-0.4, -0.2) is 192 Å². The number of nitrogens with zero attached hydrogens (tertiary/aromatic N) is 2. The Morgan fingerprint density at radius 1 is 0.861 bits per heavy atom. The van der Waals surface area contributed by atoms with Gasteiger partial charge < -0.3 is 62.3 Å². The molecule has 2 saturated heterocycles. The fraction of sp³-hybridized carbons (Fsp3) is 0.635. The van der Waals surface area contributed by atoms with Gasteiger partial charge in [0.1, 0.15) is 22.9 Å². The van der Waals surface area contributed by atoms with Gasteiger partial charge >= 0.3 is 0 Å². The SMILES string of the molecule is CC[C@H](C)[C@@H]1NC(=O)CNC(=O)C2Cc3c([nH]c4cc(OCCCCCCN5C(=O)CC(SC)C5=O)ccc34)S(=O)C[C@H](NC(=O)CNC1=O)C(=O)C[C@@H](CC(N)=O)C(=O)N1C[C@H](O)C[C@H]1C(=O)C[C@@H]([C@@H](C)[C@@H](O)CO)C(=O)N2. The standard InChI is InChI=1S/C52H73N9O16S2/c1-5-26(2)46-49(73)55-21-43(68)56-36-25-79(76)50-33(31-11-10-30(17-34(31)58-50)77-13-9-7-6-8-12-60-45(70)20-41(78-4)52(60)75)18-35(48(72)54-22-44(69)59-46)57-47(71)32(27(3)40(66)24-62)19-39(65)37-16-29(63)23-61(37)51(74)28(14-38(36)64)15-42(53)67/h10-11,17,26-29,32,35-37,40-41,46,58,62-63,66H,5-9,12-16,18-25H2,1-4H3,(H2,53,67)(H,54,72)(H,55,73)(H,56,68)(H,57,71)(H,59,69)/t26-,27+,28-,29+,32-,35?,36-,37-,40-,41?,46-,79?/m0/s1. The van der Waals surface area contributed by atoms with E-state index >= 15 is 4.21 Å². The normalized spacial score (nSPS) is 27.6. The van der Waals surface area contributed by atoms with E-state index in [-0.39, 0.29) is 47.1 Å². The molecule has 2 bridgehead atoms. The van der Waals surface area contributed by atoms with Crippen molar-refractivity contribution >= 4 is 98.2 Å². The number of amides is 9. The van der Waals surface area contributed by atoms with E-state index in [1.54, 1.807) is 38.3 Å². The van der Waals surface area contributed by atoms with Crippen LogP contribution in [0.15, 0.2) is 23.2 Å². The van der Waals surface area contributed by atoms with Gasteiger partial charge in [0.2, 0.25) is 53.2 Å². The van der Waals surface area contributed by atoms with E-state index in [9.17, 15) is 68.1 Å². The number of carbonyl (C=O) groups is 11. The number of likely N-dealkylation sites (tertiary alicyclic amines) is 1. The molecule has 2 aromatic rings. The van der Waals surface area contributed by atoms with Crippen LogP contribution in [0, 0.1) is 23.7 Å². The van der Waals surface area contributed by atoms with E-state index in [0.29, 0.717) is 48.9 Å². The number of primary amides is 1. The fourth-order valence-corrected chi connectivity index (χ4v) is 12.4. The quantitative estimate of drug-likeness (QED) is 0.0641. The molecule has 79 heavy (non-hydrogen) atoms. The van der Waals surface area contributed by atoms with Crippen molar-refractivity contribution in [1.29, 1.82) is 0 Å². The number of hydrogen-bond acceptors (Lipinski definition) is 17. The molecule has 0 saturated carbocycles. The lowest BCUT2D eigenvalue weighted by molar-refractivity contribution is -0.145. The van der Waals surface area contributed by atoms with Gasteiger partial charge in [-0.1, -0.05) is 40.0 Å². The van der Waals surface area contributed by atoms with E-state index in [4.69, 9.17) is 10.5 Å². The number of imide groups is 1. The molecule has 0 radical (unpaired) electrons. The number of fused-ring (bicyclic) bond motifs is 5. The Bertz CT molecular complexity index is 2690. The number of aromatic amines is 1. The van der Waals surface area contributed by atoms with Crippen molar-refractivity contribution in [2.75, 3.05) is 51.4 Å². The molecular formula is C52H73N9O16S2. The first kappa shape index (κ1) is 61.9. The molecule has 11 N–H and O–H groups in total. The summed E-state index contributed by atoms with van der Waals surface area (Å²) in [4.78, 5) is 157. The Labute approximate surface area is 463 Å². The van der Waals surface area contributed by atoms with Crippen LogP contribution in [0.2, 0.25) is 0 Å². The number of ether oxygens (including phenoxy) is 1. The number of thioether (sulfide) groups is 1. The van der Waals surface area contributed by atoms with E-state index in [2.05, 4.69) is 31.6 Å². The number of rotatable bonds is 16. The predicted octanol–water partition coefficient (Wildman–Crippen LogP) is -2.01. The Morgan fingerprint density at radius 3 is 2.23 bits per heavy atom. The highest BCUT2D eigenvalue weighted by atomic mass is 32.2. The molecule has 9 amide bonds. The molecule has 25 nitrogen and oxygen atoms in total. The topological polar surface area (TPSA) is 383 Å². The van der Waals surface area contributed by atoms with Crippen molar-refractivity contribution in [2.45, 2.75) is 138 Å². The number of nitrogens with one attached hydrogen (secondary N) is 6. The lowest BCUT2D eigenvalue weighted by Crippen LogP contribution is -2.56. The second kappa shape index (κ2) is 28.2. The first-order valence-electron chi connectivity index (χ1n) is 26.6. The molecule has 0 aliphatic carbocycles. The smallest absolute Gasteiger partial charge is 0.243 e. The van der Waals surface area contributed by atoms with Gasteiger partial charge in [0.25, 0.3) is 0 Å². The van der Waals surface area contributed by atoms with E-state index in [0.717, 1.165) is 11.3 Å². The van der Waals surface area contributed by atoms with Crippen molar-refractivity contribution in [2.24, 2.45) is 29.4 Å². The van der Waals surface area contributed by atoms with Gasteiger partial charge in [0.05, 0.1) is 83.8 Å². The van der Waals surface area contributed by atoms with Crippen molar-refractivity contribution in [1.82, 2.24) is 41.4 Å². The number of hydrogen-bond donors (Lipinski definition) is 10. The predicted molar refractivity (Wildman–Crippen MR) is 286 cm³/mol. The molecule has 1 aromatic heterocycles. The highest BCUT2D eigenvalue weighted by molar-refractivity contribution is 8.00. The molecule has 4 aliphatic heterocycles. The number of Topliss-reactive ketones (excluding diaryl/α,β-unsaturated/α-hetero) is 2. The second-order valence-corrected chi connectivity index (χ2v) is 23.3. The zero-order valence-corrected chi connectivity index (χ0v) is 46.4. The van der Waals surface area contributed by atoms with Gasteiger partial charge in [-0.25, -0.2) is 0 Å². The van der Waals surface area contributed by atoms with Crippen molar-refractivity contribution < 1.29 is 77.0 Å². The Kier molecular flexibility index (Phi) is 22.1. The van der Waals surface area contributed by atoms with Gasteiger partial charge in [0, 0.05) is 69.0 Å². The number of carbonyl (C=O) groups excluding carboxylic acids is 11. The second-order valence-electron chi connectivity index (χ2n) is 20.8. The van der Waals surface area contributed by atoms with Crippen LogP contribution >= 0.6 is 11.8 Å². The van der Waals surface area contributed by atoms with E-state index in [1.165, 1.54) is 23.6 Å². The Hall–Kier alpha value is -6.29. The molecule has 1 aromatic carbocycles. The van der Waals surface area contributed by atoms with Gasteiger partial charge in [-0.05, 0) is 48.6 Å². The average molecular weight is 1140 g/mol. The Morgan fingerprint density at radius 2 is 1.56 bits per heavy atom. The zero-order chi connectivity index (χ0) is 57.8. The summed E-state index contributed by atoms with van der Waals surface area (Å²) in [7, 11) is -2.35. The van der Waals surface area contributed by atoms with Crippen LogP contribution in [-0.2, 0) is 70.0 Å². The maximum Gasteiger partial charge on any atom is 0.243 e. The summed E-state index contributed by atoms with van der Waals surface area (Å²) < 4.78 is 21.1. The van der Waals surface area contributed by atoms with Gasteiger partial charge in [-0.2, -0.15) is 11.8 Å². The number of benzene rings is 1. The summed E-state index contributed by atoms with van der Waals surface area (Å²) in [6.45, 7) is 2.60. The third kappa shape index (κ3) is 15.8. The van der Waals surface area contributed by atoms with E-state index in [1.807, 2.05) is 0 Å². The monoisotopic (exact) mass is 1140 g/mol. The van der Waals surface area contributed by atoms with E-state index < -0.39 is 181 Å². The lowest BCUT2D eigenvalue weighted by Gasteiger charge is -2.31. The van der Waals surface area contributed by atoms with Crippen molar-refractivity contribution in [3.8, 4) is 5.75 Å². The molecule has 2 fully saturated rings. The summed E-state index contributed by atoms with van der Waals surface area (Å²) in [6.07, 6.45) is -0.962. The highest BCUT2D eigenvalue weighted by Gasteiger charge is 2.45. The third-order valence-electron chi connectivity index (χ3n) is 15.2. The average Bonchev–Trinajstić information content (AvgIpc) is 4.11. The molecule has 12 atom stereocenters. The summed E-state index contributed by atoms with van der Waals surface area (Å²) in [5.41, 5.74) is 6.07. The number of aliphatic hydroxyl groups is 3. The number of ketones is 2. The van der Waals surface area contributed by atoms with Gasteiger partial charge in [-0.15, -0.1) is 0 Å². The maximum absolute atomic E-state index is 15.0.